The molecule has 0 radical (unpaired) electrons. The topological polar surface area (TPSA) is 133 Å². The lowest BCUT2D eigenvalue weighted by molar-refractivity contribution is -0.385. The van der Waals surface area contributed by atoms with Crippen LogP contribution in [-0.2, 0) is 31.5 Å². The van der Waals surface area contributed by atoms with E-state index in [1.807, 2.05) is 0 Å². The minimum Gasteiger partial charge on any atom is -0.462 e. The van der Waals surface area contributed by atoms with Gasteiger partial charge in [-0.05, 0) is 31.1 Å². The third kappa shape index (κ3) is 4.74. The number of anilines is 1. The van der Waals surface area contributed by atoms with E-state index in [0.717, 1.165) is 17.4 Å². The third-order valence-electron chi connectivity index (χ3n) is 4.37. The molecule has 1 aromatic heterocycles. The highest BCUT2D eigenvalue weighted by atomic mass is 32.2. The monoisotopic (exact) mass is 450 g/mol. The van der Waals surface area contributed by atoms with E-state index in [1.165, 1.54) is 24.3 Å². The van der Waals surface area contributed by atoms with Crippen LogP contribution in [0.15, 0.2) is 30.3 Å². The number of carbonyl (C=O) groups excluding carboxylic acids is 2. The number of hydrogen-bond acceptors (Lipinski definition) is 8. The van der Waals surface area contributed by atoms with Gasteiger partial charge >= 0.3 is 5.97 Å². The summed E-state index contributed by atoms with van der Waals surface area (Å²) in [6.07, 6.45) is 2.59. The number of nitrogens with zero attached hydrogens (tertiary/aromatic N) is 1. The summed E-state index contributed by atoms with van der Waals surface area (Å²) < 4.78 is 28.9. The van der Waals surface area contributed by atoms with Gasteiger partial charge in [0.25, 0.3) is 5.69 Å². The molecule has 1 amide bonds. The number of amides is 1. The number of ether oxygens (including phenoxy) is 1. The maximum Gasteiger partial charge on any atom is 0.341 e. The van der Waals surface area contributed by atoms with Crippen LogP contribution in [0.5, 0.6) is 0 Å². The van der Waals surface area contributed by atoms with Crippen molar-refractivity contribution in [2.75, 3.05) is 17.7 Å². The van der Waals surface area contributed by atoms with Gasteiger partial charge in [-0.15, -0.1) is 11.3 Å². The Bertz CT molecular complexity index is 1150. The Hall–Kier alpha value is -3.05. The van der Waals surface area contributed by atoms with E-state index >= 15 is 0 Å². The molecule has 0 unspecified atom stereocenters. The summed E-state index contributed by atoms with van der Waals surface area (Å²) in [5.74, 6) is -1.51. The Balaban J connectivity index is 1.89. The Morgan fingerprint density at radius 2 is 2.07 bits per heavy atom. The number of nitro groups is 1. The van der Waals surface area contributed by atoms with Crippen LogP contribution in [0.1, 0.15) is 33.3 Å². The molecule has 0 spiro atoms. The molecule has 0 bridgehead atoms. The Labute approximate surface area is 176 Å². The zero-order valence-electron chi connectivity index (χ0n) is 15.9. The Morgan fingerprint density at radius 1 is 1.33 bits per heavy atom. The number of hydrogen-bond donors (Lipinski definition) is 1. The molecule has 30 heavy (non-hydrogen) atoms. The number of carbonyl (C=O) groups is 2. The molecule has 0 saturated carbocycles. The van der Waals surface area contributed by atoms with Crippen LogP contribution in [0.4, 0.5) is 10.7 Å². The standard InChI is InChI=1S/C19H18N2O7S2/c1-2-28-19(23)17-13-9-10-30(26,27)11-15(13)29-18(17)20-16(22)8-7-12-5-3-4-6-14(12)21(24)25/h3-8H,2,9-11H2,1H3,(H,20,22)/b8-7+. The first-order chi connectivity index (χ1) is 14.2. The average Bonchev–Trinajstić information content (AvgIpc) is 3.02. The van der Waals surface area contributed by atoms with Crippen LogP contribution in [-0.4, -0.2) is 37.6 Å². The number of thiophene rings is 1. The first kappa shape index (κ1) is 21.7. The van der Waals surface area contributed by atoms with Crippen molar-refractivity contribution in [1.29, 1.82) is 0 Å². The van der Waals surface area contributed by atoms with Gasteiger partial charge in [0.2, 0.25) is 5.91 Å². The zero-order chi connectivity index (χ0) is 21.9. The second-order valence-corrected chi connectivity index (χ2v) is 9.70. The SMILES string of the molecule is CCOC(=O)c1c(NC(=O)/C=C/c2ccccc2[N+](=O)[O-])sc2c1CCS(=O)(=O)C2. The molecule has 0 aliphatic carbocycles. The van der Waals surface area contributed by atoms with Crippen molar-refractivity contribution in [2.45, 2.75) is 19.1 Å². The lowest BCUT2D eigenvalue weighted by Gasteiger charge is -2.13. The highest BCUT2D eigenvalue weighted by molar-refractivity contribution is 7.90. The number of para-hydroxylation sites is 1. The fourth-order valence-electron chi connectivity index (χ4n) is 3.04. The van der Waals surface area contributed by atoms with Gasteiger partial charge in [0.05, 0.1) is 34.2 Å². The minimum atomic E-state index is -3.26. The number of benzene rings is 1. The number of fused-ring (bicyclic) bond motifs is 1. The fraction of sp³-hybridized carbons (Fsp3) is 0.263. The Morgan fingerprint density at radius 3 is 2.77 bits per heavy atom. The van der Waals surface area contributed by atoms with Gasteiger partial charge in [0.1, 0.15) is 5.00 Å². The van der Waals surface area contributed by atoms with E-state index in [9.17, 15) is 28.1 Å². The van der Waals surface area contributed by atoms with Crippen molar-refractivity contribution in [3.8, 4) is 0 Å². The Kier molecular flexibility index (Phi) is 6.32. The van der Waals surface area contributed by atoms with Crippen LogP contribution < -0.4 is 5.32 Å². The van der Waals surface area contributed by atoms with E-state index in [4.69, 9.17) is 4.74 Å². The molecule has 9 nitrogen and oxygen atoms in total. The van der Waals surface area contributed by atoms with Gasteiger partial charge in [-0.2, -0.15) is 0 Å². The molecule has 0 fully saturated rings. The first-order valence-electron chi connectivity index (χ1n) is 8.96. The van der Waals surface area contributed by atoms with Gasteiger partial charge in [0.15, 0.2) is 9.84 Å². The van der Waals surface area contributed by atoms with E-state index in [0.29, 0.717) is 10.4 Å². The molecule has 158 valence electrons. The highest BCUT2D eigenvalue weighted by Gasteiger charge is 2.31. The minimum absolute atomic E-state index is 0.0753. The van der Waals surface area contributed by atoms with Crippen LogP contribution >= 0.6 is 11.3 Å². The van der Waals surface area contributed by atoms with E-state index in [1.54, 1.807) is 13.0 Å². The van der Waals surface area contributed by atoms with Gasteiger partial charge in [-0.25, -0.2) is 13.2 Å². The quantitative estimate of drug-likeness (QED) is 0.310. The summed E-state index contributed by atoms with van der Waals surface area (Å²) in [7, 11) is -3.26. The summed E-state index contributed by atoms with van der Waals surface area (Å²) in [5.41, 5.74) is 0.843. The average molecular weight is 450 g/mol. The molecule has 1 aliphatic heterocycles. The highest BCUT2D eigenvalue weighted by Crippen LogP contribution is 2.38. The van der Waals surface area contributed by atoms with Crippen LogP contribution in [0, 0.1) is 10.1 Å². The first-order valence-corrected chi connectivity index (χ1v) is 11.6. The van der Waals surface area contributed by atoms with Gasteiger partial charge in [0, 0.05) is 17.0 Å². The van der Waals surface area contributed by atoms with Gasteiger partial charge in [-0.1, -0.05) is 12.1 Å². The van der Waals surface area contributed by atoms with Crippen molar-refractivity contribution in [3.63, 3.8) is 0 Å². The van der Waals surface area contributed by atoms with Crippen LogP contribution in [0.25, 0.3) is 6.08 Å². The molecule has 11 heteroatoms. The number of esters is 1. The lowest BCUT2D eigenvalue weighted by atomic mass is 10.1. The fourth-order valence-corrected chi connectivity index (χ4v) is 6.09. The molecular formula is C19H18N2O7S2. The van der Waals surface area contributed by atoms with Crippen molar-refractivity contribution < 1.29 is 27.7 Å². The molecular weight excluding hydrogens is 432 g/mol. The molecule has 2 aromatic rings. The number of nitrogens with one attached hydrogen (secondary N) is 1. The van der Waals surface area contributed by atoms with Crippen molar-refractivity contribution in [3.05, 3.63) is 62.0 Å². The molecule has 1 aliphatic rings. The molecule has 1 aromatic carbocycles. The van der Waals surface area contributed by atoms with E-state index in [2.05, 4.69) is 5.32 Å². The third-order valence-corrected chi connectivity index (χ3v) is 7.25. The summed E-state index contributed by atoms with van der Waals surface area (Å²) in [4.78, 5) is 35.9. The molecule has 1 N–H and O–H groups in total. The lowest BCUT2D eigenvalue weighted by Crippen LogP contribution is -2.20. The summed E-state index contributed by atoms with van der Waals surface area (Å²) in [6, 6.07) is 5.95. The summed E-state index contributed by atoms with van der Waals surface area (Å²) >= 11 is 1.02. The predicted molar refractivity (Wildman–Crippen MR) is 112 cm³/mol. The molecule has 0 saturated heterocycles. The predicted octanol–water partition coefficient (Wildman–Crippen LogP) is 2.96. The maximum atomic E-state index is 12.4. The largest absolute Gasteiger partial charge is 0.462 e. The second kappa shape index (κ2) is 8.76. The smallest absolute Gasteiger partial charge is 0.341 e. The normalized spacial score (nSPS) is 14.8. The second-order valence-electron chi connectivity index (χ2n) is 6.41. The van der Waals surface area contributed by atoms with Gasteiger partial charge in [-0.3, -0.25) is 14.9 Å². The zero-order valence-corrected chi connectivity index (χ0v) is 17.5. The summed E-state index contributed by atoms with van der Waals surface area (Å²) in [6.45, 7) is 1.78. The number of rotatable bonds is 6. The molecule has 2 heterocycles. The molecule has 3 rings (SSSR count). The van der Waals surface area contributed by atoms with Crippen molar-refractivity contribution >= 4 is 49.8 Å². The number of sulfone groups is 1. The van der Waals surface area contributed by atoms with Gasteiger partial charge < -0.3 is 10.1 Å². The van der Waals surface area contributed by atoms with E-state index < -0.39 is 26.6 Å². The summed E-state index contributed by atoms with van der Waals surface area (Å²) in [5, 5.41) is 13.9. The maximum absolute atomic E-state index is 12.4. The number of nitro benzene ring substituents is 1. The van der Waals surface area contributed by atoms with Crippen LogP contribution in [0.3, 0.4) is 0 Å². The van der Waals surface area contributed by atoms with Crippen molar-refractivity contribution in [2.24, 2.45) is 0 Å². The molecule has 0 atom stereocenters. The van der Waals surface area contributed by atoms with Crippen molar-refractivity contribution in [1.82, 2.24) is 0 Å². The van der Waals surface area contributed by atoms with Crippen LogP contribution in [0.2, 0.25) is 0 Å². The van der Waals surface area contributed by atoms with E-state index in [-0.39, 0.29) is 46.3 Å².